The Morgan fingerprint density at radius 3 is 2.50 bits per heavy atom. The molecule has 24 heavy (non-hydrogen) atoms. The lowest BCUT2D eigenvalue weighted by molar-refractivity contribution is -0.146. The molecule has 130 valence electrons. The number of piperazine rings is 1. The van der Waals surface area contributed by atoms with E-state index in [0.29, 0.717) is 19.6 Å². The van der Waals surface area contributed by atoms with Gasteiger partial charge in [0.15, 0.2) is 0 Å². The monoisotopic (exact) mass is 333 g/mol. The number of aryl methyl sites for hydroxylation is 1. The minimum Gasteiger partial charge on any atom is -0.453 e. The Balaban J connectivity index is 1.90. The van der Waals surface area contributed by atoms with Gasteiger partial charge in [-0.1, -0.05) is 29.8 Å². The van der Waals surface area contributed by atoms with Crippen molar-refractivity contribution in [3.05, 3.63) is 35.4 Å². The Bertz CT molecular complexity index is 615. The van der Waals surface area contributed by atoms with Crippen molar-refractivity contribution in [1.82, 2.24) is 15.1 Å². The molecule has 0 unspecified atom stereocenters. The standard InChI is InChI=1S/C17H23N3O4/c1-12-4-6-14(7-5-12)10-19-8-9-20(11-15(19)21)16(22)13(2)18-17(23)24-3/h4-7,13H,8-11H2,1-3H3,(H,18,23)/t13-/m1/s1. The van der Waals surface area contributed by atoms with E-state index in [9.17, 15) is 14.4 Å². The minimum absolute atomic E-state index is 0.0257. The van der Waals surface area contributed by atoms with Crippen LogP contribution in [0.25, 0.3) is 0 Å². The van der Waals surface area contributed by atoms with E-state index >= 15 is 0 Å². The van der Waals surface area contributed by atoms with Gasteiger partial charge in [-0.3, -0.25) is 9.59 Å². The highest BCUT2D eigenvalue weighted by molar-refractivity contribution is 5.90. The van der Waals surface area contributed by atoms with Crippen molar-refractivity contribution in [2.75, 3.05) is 26.7 Å². The van der Waals surface area contributed by atoms with E-state index in [4.69, 9.17) is 0 Å². The van der Waals surface area contributed by atoms with Crippen LogP contribution in [0.5, 0.6) is 0 Å². The predicted molar refractivity (Wildman–Crippen MR) is 88.2 cm³/mol. The number of alkyl carbamates (subject to hydrolysis) is 1. The summed E-state index contributed by atoms with van der Waals surface area (Å²) in [5.74, 6) is -0.385. The second kappa shape index (κ2) is 7.81. The van der Waals surface area contributed by atoms with E-state index in [2.05, 4.69) is 10.1 Å². The maximum Gasteiger partial charge on any atom is 0.407 e. The fraction of sp³-hybridized carbons (Fsp3) is 0.471. The van der Waals surface area contributed by atoms with Crippen molar-refractivity contribution in [2.45, 2.75) is 26.4 Å². The molecule has 7 nitrogen and oxygen atoms in total. The highest BCUT2D eigenvalue weighted by Crippen LogP contribution is 2.11. The number of hydrogen-bond donors (Lipinski definition) is 1. The minimum atomic E-state index is -0.728. The Labute approximate surface area is 141 Å². The van der Waals surface area contributed by atoms with Gasteiger partial charge in [0.1, 0.15) is 6.04 Å². The molecule has 1 fully saturated rings. The lowest BCUT2D eigenvalue weighted by Crippen LogP contribution is -2.56. The van der Waals surface area contributed by atoms with E-state index in [1.54, 1.807) is 11.8 Å². The summed E-state index contributed by atoms with van der Waals surface area (Å²) in [6, 6.07) is 7.30. The van der Waals surface area contributed by atoms with E-state index in [1.165, 1.54) is 17.6 Å². The number of nitrogens with one attached hydrogen (secondary N) is 1. The predicted octanol–water partition coefficient (Wildman–Crippen LogP) is 0.910. The third-order valence-electron chi connectivity index (χ3n) is 4.01. The number of methoxy groups -OCH3 is 1. The van der Waals surface area contributed by atoms with E-state index < -0.39 is 12.1 Å². The van der Waals surface area contributed by atoms with Crippen LogP contribution in [0.3, 0.4) is 0 Å². The number of carbonyl (C=O) groups is 3. The molecule has 1 atom stereocenters. The molecular formula is C17H23N3O4. The van der Waals surface area contributed by atoms with Crippen LogP contribution in [0.15, 0.2) is 24.3 Å². The first-order valence-electron chi connectivity index (χ1n) is 7.87. The quantitative estimate of drug-likeness (QED) is 0.888. The maximum atomic E-state index is 12.3. The third kappa shape index (κ3) is 4.47. The molecule has 1 N–H and O–H groups in total. The first-order valence-corrected chi connectivity index (χ1v) is 7.87. The summed E-state index contributed by atoms with van der Waals surface area (Å²) in [6.07, 6.45) is -0.666. The number of carbonyl (C=O) groups excluding carboxylic acids is 3. The van der Waals surface area contributed by atoms with Crippen molar-refractivity contribution in [3.63, 3.8) is 0 Å². The number of ether oxygens (including phenoxy) is 1. The fourth-order valence-electron chi connectivity index (χ4n) is 2.55. The Morgan fingerprint density at radius 2 is 1.92 bits per heavy atom. The molecule has 1 saturated heterocycles. The molecule has 0 aromatic heterocycles. The second-order valence-electron chi connectivity index (χ2n) is 5.92. The highest BCUT2D eigenvalue weighted by atomic mass is 16.5. The van der Waals surface area contributed by atoms with E-state index in [0.717, 1.165) is 5.56 Å². The molecule has 2 rings (SSSR count). The topological polar surface area (TPSA) is 79.0 Å². The summed E-state index contributed by atoms with van der Waals surface area (Å²) >= 11 is 0. The first kappa shape index (κ1) is 17.8. The Morgan fingerprint density at radius 1 is 1.25 bits per heavy atom. The van der Waals surface area contributed by atoms with Crippen molar-refractivity contribution < 1.29 is 19.1 Å². The molecule has 1 aliphatic heterocycles. The average molecular weight is 333 g/mol. The van der Waals surface area contributed by atoms with Gasteiger partial charge in [-0.2, -0.15) is 0 Å². The molecule has 1 aromatic carbocycles. The van der Waals surface area contributed by atoms with Gasteiger partial charge in [0.25, 0.3) is 0 Å². The van der Waals surface area contributed by atoms with Crippen molar-refractivity contribution in [2.24, 2.45) is 0 Å². The normalized spacial score (nSPS) is 15.9. The second-order valence-corrected chi connectivity index (χ2v) is 5.92. The zero-order valence-electron chi connectivity index (χ0n) is 14.2. The van der Waals surface area contributed by atoms with Gasteiger partial charge in [-0.05, 0) is 19.4 Å². The molecule has 0 spiro atoms. The van der Waals surface area contributed by atoms with Gasteiger partial charge in [0.05, 0.1) is 13.7 Å². The van der Waals surface area contributed by atoms with E-state index in [1.807, 2.05) is 31.2 Å². The Hall–Kier alpha value is -2.57. The molecule has 1 heterocycles. The van der Waals surface area contributed by atoms with Crippen LogP contribution in [-0.2, 0) is 20.9 Å². The molecular weight excluding hydrogens is 310 g/mol. The summed E-state index contributed by atoms with van der Waals surface area (Å²) in [5.41, 5.74) is 2.24. The van der Waals surface area contributed by atoms with Crippen molar-refractivity contribution >= 4 is 17.9 Å². The highest BCUT2D eigenvalue weighted by Gasteiger charge is 2.30. The molecule has 0 radical (unpaired) electrons. The maximum absolute atomic E-state index is 12.3. The van der Waals surface area contributed by atoms with Crippen LogP contribution in [0, 0.1) is 6.92 Å². The summed E-state index contributed by atoms with van der Waals surface area (Å²) in [6.45, 7) is 5.08. The van der Waals surface area contributed by atoms with Crippen LogP contribution < -0.4 is 5.32 Å². The van der Waals surface area contributed by atoms with Crippen LogP contribution in [0.2, 0.25) is 0 Å². The SMILES string of the molecule is COC(=O)N[C@H](C)C(=O)N1CCN(Cc2ccc(C)cc2)C(=O)C1. The summed E-state index contributed by atoms with van der Waals surface area (Å²) in [5, 5.41) is 2.42. The molecule has 3 amide bonds. The lowest BCUT2D eigenvalue weighted by atomic mass is 10.1. The van der Waals surface area contributed by atoms with E-state index in [-0.39, 0.29) is 18.4 Å². The van der Waals surface area contributed by atoms with Crippen molar-refractivity contribution in [1.29, 1.82) is 0 Å². The van der Waals surface area contributed by atoms with Gasteiger partial charge in [-0.25, -0.2) is 4.79 Å². The summed E-state index contributed by atoms with van der Waals surface area (Å²) in [7, 11) is 1.24. The third-order valence-corrected chi connectivity index (χ3v) is 4.01. The zero-order chi connectivity index (χ0) is 17.7. The smallest absolute Gasteiger partial charge is 0.407 e. The summed E-state index contributed by atoms with van der Waals surface area (Å²) < 4.78 is 4.48. The van der Waals surface area contributed by atoms with Crippen LogP contribution in [0.1, 0.15) is 18.1 Å². The van der Waals surface area contributed by atoms with Gasteiger partial charge in [-0.15, -0.1) is 0 Å². The van der Waals surface area contributed by atoms with Crippen molar-refractivity contribution in [3.8, 4) is 0 Å². The number of nitrogens with zero attached hydrogens (tertiary/aromatic N) is 2. The van der Waals surface area contributed by atoms with Gasteiger partial charge >= 0.3 is 6.09 Å². The molecule has 0 bridgehead atoms. The number of rotatable bonds is 4. The molecule has 0 saturated carbocycles. The van der Waals surface area contributed by atoms with Crippen LogP contribution in [0.4, 0.5) is 4.79 Å². The zero-order valence-corrected chi connectivity index (χ0v) is 14.2. The summed E-state index contributed by atoms with van der Waals surface area (Å²) in [4.78, 5) is 39.0. The number of hydrogen-bond acceptors (Lipinski definition) is 4. The van der Waals surface area contributed by atoms with Crippen LogP contribution in [-0.4, -0.2) is 60.5 Å². The Kier molecular flexibility index (Phi) is 5.78. The van der Waals surface area contributed by atoms with Gasteiger partial charge < -0.3 is 19.9 Å². The lowest BCUT2D eigenvalue weighted by Gasteiger charge is -2.35. The van der Waals surface area contributed by atoms with Gasteiger partial charge in [0.2, 0.25) is 11.8 Å². The average Bonchev–Trinajstić information content (AvgIpc) is 2.57. The molecule has 1 aliphatic rings. The number of amides is 3. The number of benzene rings is 1. The van der Waals surface area contributed by atoms with Crippen LogP contribution >= 0.6 is 0 Å². The van der Waals surface area contributed by atoms with Gasteiger partial charge in [0, 0.05) is 19.6 Å². The molecule has 0 aliphatic carbocycles. The first-order chi connectivity index (χ1) is 11.4. The fourth-order valence-corrected chi connectivity index (χ4v) is 2.55. The molecule has 1 aromatic rings. The largest absolute Gasteiger partial charge is 0.453 e. The molecule has 7 heteroatoms.